The van der Waals surface area contributed by atoms with Gasteiger partial charge in [-0.1, -0.05) is 137 Å². The summed E-state index contributed by atoms with van der Waals surface area (Å²) in [6, 6.07) is 34.7. The minimum Gasteiger partial charge on any atom is -0.456 e. The predicted molar refractivity (Wildman–Crippen MR) is 160 cm³/mol. The van der Waals surface area contributed by atoms with E-state index in [1.165, 1.54) is 73.6 Å². The lowest BCUT2D eigenvalue weighted by molar-refractivity contribution is 0.486. The van der Waals surface area contributed by atoms with Gasteiger partial charge in [-0.15, -0.1) is 0 Å². The number of unbranched alkanes of at least 4 members (excludes halogenated alkanes) is 6. The molecule has 4 aromatic carbocycles. The van der Waals surface area contributed by atoms with Crippen LogP contribution in [0.25, 0.3) is 22.3 Å². The Morgan fingerprint density at radius 1 is 0.405 bits per heavy atom. The van der Waals surface area contributed by atoms with Gasteiger partial charge in [-0.2, -0.15) is 0 Å². The monoisotopic (exact) mass is 490 g/mol. The maximum atomic E-state index is 6.75. The van der Waals surface area contributed by atoms with E-state index in [2.05, 4.69) is 111 Å². The molecule has 0 bridgehead atoms. The zero-order chi connectivity index (χ0) is 25.7. The first-order chi connectivity index (χ1) is 18.3. The van der Waals surface area contributed by atoms with Crippen LogP contribution in [0.1, 0.15) is 76.3 Å². The van der Waals surface area contributed by atoms with E-state index in [4.69, 9.17) is 4.74 Å². The van der Waals surface area contributed by atoms with E-state index in [-0.39, 0.29) is 0 Å². The predicted octanol–water partition coefficient (Wildman–Crippen LogP) is 11.1. The molecule has 4 rings (SSSR count). The lowest BCUT2D eigenvalue weighted by atomic mass is 9.94. The van der Waals surface area contributed by atoms with Crippen molar-refractivity contribution in [1.82, 2.24) is 0 Å². The van der Waals surface area contributed by atoms with Gasteiger partial charge in [-0.05, 0) is 60.1 Å². The Bertz CT molecular complexity index is 1140. The van der Waals surface area contributed by atoms with Crippen molar-refractivity contribution >= 4 is 0 Å². The maximum Gasteiger partial charge on any atom is 0.135 e. The molecule has 0 unspecified atom stereocenters. The molecule has 0 aliphatic carbocycles. The Balaban J connectivity index is 1.63. The number of ether oxygens (including phenoxy) is 1. The fourth-order valence-corrected chi connectivity index (χ4v) is 5.16. The summed E-state index contributed by atoms with van der Waals surface area (Å²) in [5, 5.41) is 0. The zero-order valence-corrected chi connectivity index (χ0v) is 22.7. The highest BCUT2D eigenvalue weighted by atomic mass is 16.5. The van der Waals surface area contributed by atoms with Gasteiger partial charge in [0.05, 0.1) is 0 Å². The maximum absolute atomic E-state index is 6.75. The van der Waals surface area contributed by atoms with Gasteiger partial charge < -0.3 is 4.74 Å². The summed E-state index contributed by atoms with van der Waals surface area (Å²) in [4.78, 5) is 0. The highest BCUT2D eigenvalue weighted by molar-refractivity contribution is 5.77. The summed E-state index contributed by atoms with van der Waals surface area (Å²) < 4.78 is 6.75. The smallest absolute Gasteiger partial charge is 0.135 e. The minimum absolute atomic E-state index is 0.913. The highest BCUT2D eigenvalue weighted by Gasteiger charge is 2.15. The van der Waals surface area contributed by atoms with Crippen molar-refractivity contribution in [1.29, 1.82) is 0 Å². The second-order valence-electron chi connectivity index (χ2n) is 10.0. The number of hydrogen-bond donors (Lipinski definition) is 0. The average molecular weight is 491 g/mol. The molecule has 192 valence electrons. The Kier molecular flexibility index (Phi) is 10.4. The van der Waals surface area contributed by atoms with Gasteiger partial charge in [0.25, 0.3) is 0 Å². The first-order valence-corrected chi connectivity index (χ1v) is 14.3. The number of rotatable bonds is 14. The molecule has 4 aromatic rings. The van der Waals surface area contributed by atoms with Gasteiger partial charge in [-0.25, -0.2) is 0 Å². The average Bonchev–Trinajstić information content (AvgIpc) is 2.95. The molecule has 1 heteroatoms. The van der Waals surface area contributed by atoms with Crippen LogP contribution in [0.15, 0.2) is 97.1 Å². The molecule has 0 saturated carbocycles. The van der Waals surface area contributed by atoms with E-state index < -0.39 is 0 Å². The van der Waals surface area contributed by atoms with E-state index in [0.717, 1.165) is 35.5 Å². The number of hydrogen-bond acceptors (Lipinski definition) is 1. The topological polar surface area (TPSA) is 9.23 Å². The Morgan fingerprint density at radius 2 is 0.784 bits per heavy atom. The van der Waals surface area contributed by atoms with Gasteiger partial charge in [0.2, 0.25) is 0 Å². The minimum atomic E-state index is 0.913. The Labute approximate surface area is 224 Å². The van der Waals surface area contributed by atoms with Crippen LogP contribution in [0.5, 0.6) is 11.5 Å². The Morgan fingerprint density at radius 3 is 1.22 bits per heavy atom. The number of benzene rings is 4. The van der Waals surface area contributed by atoms with Gasteiger partial charge >= 0.3 is 0 Å². The molecule has 0 radical (unpaired) electrons. The third-order valence-electron chi connectivity index (χ3n) is 7.21. The van der Waals surface area contributed by atoms with Crippen molar-refractivity contribution in [2.45, 2.75) is 78.1 Å². The number of para-hydroxylation sites is 2. The fraction of sp³-hybridized carbons (Fsp3) is 0.333. The molecule has 0 aromatic heterocycles. The van der Waals surface area contributed by atoms with E-state index in [0.29, 0.717) is 0 Å². The summed E-state index contributed by atoms with van der Waals surface area (Å²) >= 11 is 0. The van der Waals surface area contributed by atoms with Crippen molar-refractivity contribution in [2.24, 2.45) is 0 Å². The van der Waals surface area contributed by atoms with Crippen molar-refractivity contribution in [2.75, 3.05) is 0 Å². The first-order valence-electron chi connectivity index (χ1n) is 14.3. The molecule has 37 heavy (non-hydrogen) atoms. The second-order valence-corrected chi connectivity index (χ2v) is 10.0. The lowest BCUT2D eigenvalue weighted by Crippen LogP contribution is -1.96. The van der Waals surface area contributed by atoms with Crippen LogP contribution in [0.2, 0.25) is 0 Å². The number of aryl methyl sites for hydroxylation is 2. The molecular weight excluding hydrogens is 448 g/mol. The summed E-state index contributed by atoms with van der Waals surface area (Å²) in [5.41, 5.74) is 7.69. The van der Waals surface area contributed by atoms with Crippen molar-refractivity contribution in [3.8, 4) is 33.8 Å². The Hall–Kier alpha value is -3.32. The van der Waals surface area contributed by atoms with E-state index >= 15 is 0 Å². The second kappa shape index (κ2) is 14.4. The third-order valence-corrected chi connectivity index (χ3v) is 7.21. The highest BCUT2D eigenvalue weighted by Crippen LogP contribution is 2.40. The first kappa shape index (κ1) is 26.7. The van der Waals surface area contributed by atoms with Crippen LogP contribution >= 0.6 is 0 Å². The molecule has 0 aliphatic rings. The SMILES string of the molecule is CCCCCCc1ccccc1-c1ccccc1Oc1ccccc1-c1ccccc1CCCCCC. The summed E-state index contributed by atoms with van der Waals surface area (Å²) in [7, 11) is 0. The largest absolute Gasteiger partial charge is 0.456 e. The third kappa shape index (κ3) is 7.35. The van der Waals surface area contributed by atoms with E-state index in [1.807, 2.05) is 0 Å². The van der Waals surface area contributed by atoms with Gasteiger partial charge in [0.15, 0.2) is 0 Å². The fourth-order valence-electron chi connectivity index (χ4n) is 5.16. The van der Waals surface area contributed by atoms with Crippen molar-refractivity contribution in [3.63, 3.8) is 0 Å². The molecule has 0 saturated heterocycles. The summed E-state index contributed by atoms with van der Waals surface area (Å²) in [6.45, 7) is 4.54. The molecule has 0 fully saturated rings. The summed E-state index contributed by atoms with van der Waals surface area (Å²) in [6.07, 6.45) is 12.4. The van der Waals surface area contributed by atoms with Crippen LogP contribution in [-0.4, -0.2) is 0 Å². The van der Waals surface area contributed by atoms with Gasteiger partial charge in [0, 0.05) is 11.1 Å². The molecule has 1 nitrogen and oxygen atoms in total. The van der Waals surface area contributed by atoms with E-state index in [9.17, 15) is 0 Å². The molecule has 0 spiro atoms. The van der Waals surface area contributed by atoms with E-state index in [1.54, 1.807) is 0 Å². The van der Waals surface area contributed by atoms with Crippen LogP contribution in [0.3, 0.4) is 0 Å². The zero-order valence-electron chi connectivity index (χ0n) is 22.7. The molecule has 0 atom stereocenters. The quantitative estimate of drug-likeness (QED) is 0.160. The van der Waals surface area contributed by atoms with Crippen LogP contribution in [0.4, 0.5) is 0 Å². The van der Waals surface area contributed by atoms with Crippen molar-refractivity contribution in [3.05, 3.63) is 108 Å². The van der Waals surface area contributed by atoms with Crippen molar-refractivity contribution < 1.29 is 4.74 Å². The van der Waals surface area contributed by atoms with Crippen LogP contribution in [-0.2, 0) is 12.8 Å². The van der Waals surface area contributed by atoms with Crippen LogP contribution in [0, 0.1) is 0 Å². The molecular formula is C36H42O. The molecule has 0 N–H and O–H groups in total. The van der Waals surface area contributed by atoms with Gasteiger partial charge in [-0.3, -0.25) is 0 Å². The molecule has 0 aliphatic heterocycles. The molecule has 0 amide bonds. The molecule has 0 heterocycles. The van der Waals surface area contributed by atoms with Crippen LogP contribution < -0.4 is 4.74 Å². The summed E-state index contributed by atoms with van der Waals surface area (Å²) in [5.74, 6) is 1.83. The normalized spacial score (nSPS) is 11.0. The van der Waals surface area contributed by atoms with Gasteiger partial charge in [0.1, 0.15) is 11.5 Å². The standard InChI is InChI=1S/C36H42O/c1-3-5-7-9-19-29-21-11-13-23-31(29)33-25-15-17-27-35(33)37-36-28-18-16-26-34(36)32-24-14-12-22-30(32)20-10-8-6-4-2/h11-18,21-28H,3-10,19-20H2,1-2H3. The lowest BCUT2D eigenvalue weighted by Gasteiger charge is -2.18.